The van der Waals surface area contributed by atoms with Gasteiger partial charge in [-0.05, 0) is 74.7 Å². The van der Waals surface area contributed by atoms with Gasteiger partial charge in [0.2, 0.25) is 11.7 Å². The molecule has 3 aromatic rings. The monoisotopic (exact) mass is 566 g/mol. The number of carbonyl (C=O) groups is 1. The average Bonchev–Trinajstić information content (AvgIpc) is 3.37. The minimum Gasteiger partial charge on any atom is -0.490 e. The number of piperidine rings is 1. The van der Waals surface area contributed by atoms with Crippen molar-refractivity contribution in [1.82, 2.24) is 25.1 Å². The Morgan fingerprint density at radius 1 is 1.15 bits per heavy atom. The zero-order chi connectivity index (χ0) is 27.9. The van der Waals surface area contributed by atoms with E-state index in [9.17, 15) is 4.79 Å². The number of methoxy groups -OCH3 is 1. The van der Waals surface area contributed by atoms with Crippen molar-refractivity contribution < 1.29 is 14.3 Å². The van der Waals surface area contributed by atoms with E-state index in [0.717, 1.165) is 80.9 Å². The van der Waals surface area contributed by atoms with E-state index in [1.807, 2.05) is 37.3 Å². The lowest BCUT2D eigenvalue weighted by molar-refractivity contribution is -0.114. The van der Waals surface area contributed by atoms with E-state index in [0.29, 0.717) is 28.5 Å². The summed E-state index contributed by atoms with van der Waals surface area (Å²) in [6.45, 7) is 10.2. The summed E-state index contributed by atoms with van der Waals surface area (Å²) >= 11 is 1.47. The predicted octanol–water partition coefficient (Wildman–Crippen LogP) is 4.31. The number of carbonyl (C=O) groups excluding carboxylic acids is 1. The molecule has 0 radical (unpaired) electrons. The molecule has 1 aromatic carbocycles. The third-order valence-electron chi connectivity index (χ3n) is 7.24. The van der Waals surface area contributed by atoms with Gasteiger partial charge < -0.3 is 25.0 Å². The summed E-state index contributed by atoms with van der Waals surface area (Å²) in [5, 5.41) is 14.0. The summed E-state index contributed by atoms with van der Waals surface area (Å²) in [6.07, 6.45) is 3.45. The first-order valence-electron chi connectivity index (χ1n) is 13.8. The van der Waals surface area contributed by atoms with Crippen molar-refractivity contribution in [3.05, 3.63) is 36.0 Å². The van der Waals surface area contributed by atoms with Crippen molar-refractivity contribution in [3.8, 4) is 5.75 Å². The van der Waals surface area contributed by atoms with Gasteiger partial charge in [0.1, 0.15) is 0 Å². The fraction of sp³-hybridized carbons (Fsp3) is 0.500. The van der Waals surface area contributed by atoms with Crippen LogP contribution >= 0.6 is 11.8 Å². The zero-order valence-corrected chi connectivity index (χ0v) is 24.2. The van der Waals surface area contributed by atoms with E-state index in [2.05, 4.69) is 30.6 Å². The highest BCUT2D eigenvalue weighted by Crippen LogP contribution is 2.39. The molecule has 214 valence electrons. The number of rotatable bonds is 10. The topological polar surface area (TPSA) is 121 Å². The van der Waals surface area contributed by atoms with Crippen molar-refractivity contribution in [2.75, 3.05) is 68.6 Å². The number of ether oxygens (including phenoxy) is 2. The molecule has 2 aromatic heterocycles. The molecule has 0 aliphatic carbocycles. The highest BCUT2D eigenvalue weighted by atomic mass is 32.2. The number of benzene rings is 1. The van der Waals surface area contributed by atoms with Crippen molar-refractivity contribution >= 4 is 40.8 Å². The van der Waals surface area contributed by atoms with Gasteiger partial charge in [-0.1, -0.05) is 0 Å². The highest BCUT2D eigenvalue weighted by molar-refractivity contribution is 7.99. The van der Waals surface area contributed by atoms with Crippen molar-refractivity contribution in [3.63, 3.8) is 0 Å². The number of amides is 1. The number of nitrogens with one attached hydrogen (secondary N) is 3. The number of hydrogen-bond acceptors (Lipinski definition) is 10. The molecule has 0 saturated carbocycles. The minimum absolute atomic E-state index is 0.0993. The van der Waals surface area contributed by atoms with Gasteiger partial charge in [0.15, 0.2) is 22.6 Å². The molecule has 12 heteroatoms. The first-order chi connectivity index (χ1) is 19.5. The molecule has 0 spiro atoms. The number of hydrogen-bond donors (Lipinski definition) is 3. The zero-order valence-electron chi connectivity index (χ0n) is 23.4. The number of aromatic nitrogens is 4. The fourth-order valence-corrected chi connectivity index (χ4v) is 5.85. The lowest BCUT2D eigenvalue weighted by Crippen LogP contribution is -2.39. The predicted molar refractivity (Wildman–Crippen MR) is 157 cm³/mol. The normalized spacial score (nSPS) is 16.6. The Morgan fingerprint density at radius 3 is 2.55 bits per heavy atom. The molecule has 2 saturated heterocycles. The van der Waals surface area contributed by atoms with Crippen LogP contribution in [0.1, 0.15) is 31.9 Å². The van der Waals surface area contributed by atoms with Gasteiger partial charge in [0, 0.05) is 55.4 Å². The van der Waals surface area contributed by atoms with Crippen LogP contribution < -0.4 is 20.3 Å². The Kier molecular flexibility index (Phi) is 9.40. The molecule has 0 atom stereocenters. The van der Waals surface area contributed by atoms with E-state index >= 15 is 0 Å². The molecule has 40 heavy (non-hydrogen) atoms. The third kappa shape index (κ3) is 7.43. The number of aryl methyl sites for hydroxylation is 1. The standard InChI is InChI=1S/C28H38N8O3S/c1-19-18-24(34-33-19)30-26-25(38-3)27(32-28(31-26)40-23-6-4-22(5-7-23)29-20(2)37)36-12-9-21(10-13-36)8-11-35-14-16-39-17-15-35/h4-7,18,21H,8-17H2,1-3H3,(H,29,37)(H2,30,31,32,33,34). The van der Waals surface area contributed by atoms with Crippen LogP contribution in [0.5, 0.6) is 5.75 Å². The second-order valence-electron chi connectivity index (χ2n) is 10.3. The van der Waals surface area contributed by atoms with E-state index < -0.39 is 0 Å². The third-order valence-corrected chi connectivity index (χ3v) is 8.11. The Morgan fingerprint density at radius 2 is 1.90 bits per heavy atom. The van der Waals surface area contributed by atoms with Gasteiger partial charge >= 0.3 is 0 Å². The summed E-state index contributed by atoms with van der Waals surface area (Å²) < 4.78 is 11.4. The maximum Gasteiger partial charge on any atom is 0.221 e. The lowest BCUT2D eigenvalue weighted by Gasteiger charge is -2.35. The fourth-order valence-electron chi connectivity index (χ4n) is 5.09. The SMILES string of the molecule is COc1c(Nc2cc(C)[nH]n2)nc(Sc2ccc(NC(C)=O)cc2)nc1N1CCC(CCN2CCOCC2)CC1. The first-order valence-corrected chi connectivity index (χ1v) is 14.6. The van der Waals surface area contributed by atoms with Crippen LogP contribution in [-0.2, 0) is 9.53 Å². The largest absolute Gasteiger partial charge is 0.490 e. The molecule has 5 rings (SSSR count). The maximum atomic E-state index is 11.4. The first kappa shape index (κ1) is 28.2. The van der Waals surface area contributed by atoms with Crippen LogP contribution in [0, 0.1) is 12.8 Å². The maximum absolute atomic E-state index is 11.4. The molecule has 0 bridgehead atoms. The van der Waals surface area contributed by atoms with Gasteiger partial charge in [0.25, 0.3) is 0 Å². The molecular weight excluding hydrogens is 528 g/mol. The lowest BCUT2D eigenvalue weighted by atomic mass is 9.93. The number of nitrogens with zero attached hydrogens (tertiary/aromatic N) is 5. The summed E-state index contributed by atoms with van der Waals surface area (Å²) in [6, 6.07) is 9.58. The van der Waals surface area contributed by atoms with Gasteiger partial charge in [-0.25, -0.2) is 9.97 Å². The van der Waals surface area contributed by atoms with E-state index in [4.69, 9.17) is 19.4 Å². The van der Waals surface area contributed by atoms with Crippen LogP contribution in [0.15, 0.2) is 40.4 Å². The molecule has 3 N–H and O–H groups in total. The second-order valence-corrected chi connectivity index (χ2v) is 11.3. The summed E-state index contributed by atoms with van der Waals surface area (Å²) in [5.41, 5.74) is 1.70. The second kappa shape index (κ2) is 13.3. The van der Waals surface area contributed by atoms with Gasteiger partial charge in [-0.15, -0.1) is 0 Å². The summed E-state index contributed by atoms with van der Waals surface area (Å²) in [5.74, 6) is 3.24. The van der Waals surface area contributed by atoms with E-state index in [1.165, 1.54) is 25.1 Å². The smallest absolute Gasteiger partial charge is 0.221 e. The van der Waals surface area contributed by atoms with E-state index in [-0.39, 0.29) is 5.91 Å². The molecule has 4 heterocycles. The Balaban J connectivity index is 1.33. The number of anilines is 4. The summed E-state index contributed by atoms with van der Waals surface area (Å²) in [4.78, 5) is 27.0. The number of H-pyrrole nitrogens is 1. The molecule has 11 nitrogen and oxygen atoms in total. The van der Waals surface area contributed by atoms with Crippen LogP contribution in [0.3, 0.4) is 0 Å². The average molecular weight is 567 g/mol. The van der Waals surface area contributed by atoms with Gasteiger partial charge in [-0.3, -0.25) is 14.8 Å². The molecule has 2 fully saturated rings. The van der Waals surface area contributed by atoms with Gasteiger partial charge in [-0.2, -0.15) is 5.10 Å². The number of aromatic amines is 1. The number of morpholine rings is 1. The Bertz CT molecular complexity index is 1270. The molecule has 2 aliphatic rings. The van der Waals surface area contributed by atoms with Gasteiger partial charge in [0.05, 0.1) is 20.3 Å². The highest BCUT2D eigenvalue weighted by Gasteiger charge is 2.26. The van der Waals surface area contributed by atoms with Crippen LogP contribution in [0.2, 0.25) is 0 Å². The minimum atomic E-state index is -0.0993. The van der Waals surface area contributed by atoms with Crippen LogP contribution in [0.25, 0.3) is 0 Å². The molecule has 2 aliphatic heterocycles. The molecule has 0 unspecified atom stereocenters. The summed E-state index contributed by atoms with van der Waals surface area (Å²) in [7, 11) is 1.66. The van der Waals surface area contributed by atoms with Crippen molar-refractivity contribution in [2.45, 2.75) is 43.2 Å². The van der Waals surface area contributed by atoms with Crippen molar-refractivity contribution in [2.24, 2.45) is 5.92 Å². The molecule has 1 amide bonds. The van der Waals surface area contributed by atoms with Crippen LogP contribution in [0.4, 0.5) is 23.1 Å². The van der Waals surface area contributed by atoms with E-state index in [1.54, 1.807) is 7.11 Å². The quantitative estimate of drug-likeness (QED) is 0.306. The Labute approximate surface area is 239 Å². The van der Waals surface area contributed by atoms with Crippen LogP contribution in [-0.4, -0.2) is 84.0 Å². The Hall–Kier alpha value is -3.35. The van der Waals surface area contributed by atoms with Crippen molar-refractivity contribution in [1.29, 1.82) is 0 Å². The molecular formula is C28H38N8O3S.